The molecule has 3 rings (SSSR count). The molecular formula is C18H20F2N2OS. The van der Waals surface area contributed by atoms with Crippen LogP contribution in [0, 0.1) is 24.5 Å². The second-order valence-corrected chi connectivity index (χ2v) is 7.31. The van der Waals surface area contributed by atoms with E-state index < -0.39 is 11.6 Å². The van der Waals surface area contributed by atoms with Gasteiger partial charge in [-0.25, -0.2) is 13.8 Å². The van der Waals surface area contributed by atoms with Crippen LogP contribution in [0.1, 0.15) is 40.3 Å². The minimum Gasteiger partial charge on any atom is -0.337 e. The van der Waals surface area contributed by atoms with E-state index in [9.17, 15) is 13.6 Å². The van der Waals surface area contributed by atoms with Crippen LogP contribution >= 0.6 is 11.3 Å². The zero-order chi connectivity index (χ0) is 17.1. The molecule has 0 spiro atoms. The molecule has 0 radical (unpaired) electrons. The van der Waals surface area contributed by atoms with Crippen LogP contribution < -0.4 is 0 Å². The van der Waals surface area contributed by atoms with E-state index in [-0.39, 0.29) is 17.4 Å². The van der Waals surface area contributed by atoms with Gasteiger partial charge in [-0.05, 0) is 50.7 Å². The third kappa shape index (κ3) is 3.80. The number of halogens is 2. The van der Waals surface area contributed by atoms with Crippen molar-refractivity contribution < 1.29 is 13.6 Å². The summed E-state index contributed by atoms with van der Waals surface area (Å²) < 4.78 is 27.4. The Bertz CT molecular complexity index is 711. The lowest BCUT2D eigenvalue weighted by molar-refractivity contribution is 0.0662. The Hall–Kier alpha value is -1.82. The summed E-state index contributed by atoms with van der Waals surface area (Å²) >= 11 is 1.47. The quantitative estimate of drug-likeness (QED) is 0.827. The first-order chi connectivity index (χ1) is 11.5. The Morgan fingerprint density at radius 2 is 2.12 bits per heavy atom. The highest BCUT2D eigenvalue weighted by Gasteiger charge is 2.26. The van der Waals surface area contributed by atoms with Crippen LogP contribution in [0.4, 0.5) is 8.78 Å². The van der Waals surface area contributed by atoms with E-state index in [0.717, 1.165) is 24.4 Å². The molecule has 1 aromatic heterocycles. The third-order valence-electron chi connectivity index (χ3n) is 4.51. The molecule has 0 unspecified atom stereocenters. The van der Waals surface area contributed by atoms with Crippen LogP contribution in [0.3, 0.4) is 0 Å². The van der Waals surface area contributed by atoms with Gasteiger partial charge in [0, 0.05) is 24.0 Å². The number of aromatic nitrogens is 1. The summed E-state index contributed by atoms with van der Waals surface area (Å²) in [6.45, 7) is 3.23. The molecule has 1 aliphatic heterocycles. The number of carbonyl (C=O) groups excluding carboxylic acids is 1. The number of aryl methyl sites for hydroxylation is 1. The van der Waals surface area contributed by atoms with Crippen molar-refractivity contribution in [1.82, 2.24) is 9.88 Å². The van der Waals surface area contributed by atoms with Crippen molar-refractivity contribution in [2.24, 2.45) is 5.92 Å². The summed E-state index contributed by atoms with van der Waals surface area (Å²) in [6, 6.07) is 3.96. The molecule has 0 saturated carbocycles. The summed E-state index contributed by atoms with van der Waals surface area (Å²) in [5.41, 5.74) is 0.648. The highest BCUT2D eigenvalue weighted by Crippen LogP contribution is 2.24. The van der Waals surface area contributed by atoms with E-state index in [2.05, 4.69) is 4.98 Å². The van der Waals surface area contributed by atoms with Crippen molar-refractivity contribution >= 4 is 17.2 Å². The second-order valence-electron chi connectivity index (χ2n) is 6.25. The second kappa shape index (κ2) is 7.38. The Balaban J connectivity index is 1.60. The fraction of sp³-hybridized carbons (Fsp3) is 0.444. The highest BCUT2D eigenvalue weighted by atomic mass is 32.1. The molecule has 0 bridgehead atoms. The summed E-state index contributed by atoms with van der Waals surface area (Å²) in [6.07, 6.45) is 2.94. The summed E-state index contributed by atoms with van der Waals surface area (Å²) in [7, 11) is 0. The van der Waals surface area contributed by atoms with Gasteiger partial charge in [0.25, 0.3) is 5.91 Å². The number of benzene rings is 1. The molecule has 1 amide bonds. The van der Waals surface area contributed by atoms with Crippen molar-refractivity contribution in [3.05, 3.63) is 51.5 Å². The number of hydrogen-bond donors (Lipinski definition) is 0. The predicted octanol–water partition coefficient (Wildman–Crippen LogP) is 4.21. The van der Waals surface area contributed by atoms with Crippen LogP contribution in [0.2, 0.25) is 0 Å². The molecule has 3 nitrogen and oxygen atoms in total. The van der Waals surface area contributed by atoms with Gasteiger partial charge in [0.1, 0.15) is 17.3 Å². The number of thiazole rings is 1. The van der Waals surface area contributed by atoms with Crippen molar-refractivity contribution in [3.63, 3.8) is 0 Å². The SMILES string of the molecule is Cc1nc(C(=O)N2CCC[C@@H](CCc3c(F)cccc3F)C2)cs1. The number of rotatable bonds is 4. The van der Waals surface area contributed by atoms with Gasteiger partial charge in [0.15, 0.2) is 0 Å². The van der Waals surface area contributed by atoms with Crippen LogP contribution in [0.25, 0.3) is 0 Å². The fourth-order valence-corrected chi connectivity index (χ4v) is 3.82. The number of piperidine rings is 1. The largest absolute Gasteiger partial charge is 0.337 e. The first-order valence-electron chi connectivity index (χ1n) is 8.19. The number of carbonyl (C=O) groups is 1. The van der Waals surface area contributed by atoms with Crippen molar-refractivity contribution in [2.75, 3.05) is 13.1 Å². The number of hydrogen-bond acceptors (Lipinski definition) is 3. The zero-order valence-corrected chi connectivity index (χ0v) is 14.4. The molecule has 0 aliphatic carbocycles. The standard InChI is InChI=1S/C18H20F2N2OS/c1-12-21-17(11-24-12)18(23)22-9-3-4-13(10-22)7-8-14-15(19)5-2-6-16(14)20/h2,5-6,11,13H,3-4,7-10H2,1H3/t13-/m0/s1. The number of likely N-dealkylation sites (tertiary alicyclic amines) is 1. The van der Waals surface area contributed by atoms with Crippen molar-refractivity contribution in [1.29, 1.82) is 0 Å². The van der Waals surface area contributed by atoms with E-state index in [4.69, 9.17) is 0 Å². The van der Waals surface area contributed by atoms with Gasteiger partial charge in [0.05, 0.1) is 5.01 Å². The average molecular weight is 350 g/mol. The summed E-state index contributed by atoms with van der Waals surface area (Å²) in [4.78, 5) is 18.6. The lowest BCUT2D eigenvalue weighted by atomic mass is 9.91. The summed E-state index contributed by atoms with van der Waals surface area (Å²) in [5.74, 6) is -0.754. The molecule has 2 heterocycles. The van der Waals surface area contributed by atoms with Gasteiger partial charge in [-0.2, -0.15) is 0 Å². The van der Waals surface area contributed by atoms with Crippen LogP contribution in [-0.4, -0.2) is 28.9 Å². The lowest BCUT2D eigenvalue weighted by Crippen LogP contribution is -2.40. The van der Waals surface area contributed by atoms with Gasteiger partial charge in [-0.1, -0.05) is 6.07 Å². The molecule has 128 valence electrons. The highest BCUT2D eigenvalue weighted by molar-refractivity contribution is 7.09. The van der Waals surface area contributed by atoms with E-state index >= 15 is 0 Å². The molecule has 0 N–H and O–H groups in total. The molecule has 1 aromatic carbocycles. The maximum Gasteiger partial charge on any atom is 0.273 e. The van der Waals surface area contributed by atoms with Crippen LogP contribution in [-0.2, 0) is 6.42 Å². The molecule has 2 aromatic rings. The third-order valence-corrected chi connectivity index (χ3v) is 5.28. The van der Waals surface area contributed by atoms with Crippen molar-refractivity contribution in [3.8, 4) is 0 Å². The van der Waals surface area contributed by atoms with Gasteiger partial charge < -0.3 is 4.90 Å². The minimum atomic E-state index is -0.489. The Morgan fingerprint density at radius 1 is 1.38 bits per heavy atom. The molecule has 24 heavy (non-hydrogen) atoms. The molecule has 1 saturated heterocycles. The molecular weight excluding hydrogens is 330 g/mol. The van der Waals surface area contributed by atoms with Gasteiger partial charge in [0.2, 0.25) is 0 Å². The van der Waals surface area contributed by atoms with Gasteiger partial charge >= 0.3 is 0 Å². The normalized spacial score (nSPS) is 18.0. The molecule has 1 aliphatic rings. The monoisotopic (exact) mass is 350 g/mol. The first-order valence-corrected chi connectivity index (χ1v) is 9.07. The summed E-state index contributed by atoms with van der Waals surface area (Å²) in [5, 5.41) is 2.66. The van der Waals surface area contributed by atoms with Crippen LogP contribution in [0.5, 0.6) is 0 Å². The number of nitrogens with zero attached hydrogens (tertiary/aromatic N) is 2. The number of amides is 1. The maximum absolute atomic E-state index is 13.7. The van der Waals surface area contributed by atoms with Gasteiger partial charge in [-0.3, -0.25) is 4.79 Å². The molecule has 6 heteroatoms. The molecule has 1 fully saturated rings. The van der Waals surface area contributed by atoms with E-state index in [0.29, 0.717) is 25.1 Å². The maximum atomic E-state index is 13.7. The first kappa shape index (κ1) is 17.0. The Morgan fingerprint density at radius 3 is 2.79 bits per heavy atom. The Kier molecular flexibility index (Phi) is 5.23. The predicted molar refractivity (Wildman–Crippen MR) is 90.2 cm³/mol. The smallest absolute Gasteiger partial charge is 0.273 e. The van der Waals surface area contributed by atoms with Crippen LogP contribution in [0.15, 0.2) is 23.6 Å². The van der Waals surface area contributed by atoms with E-state index in [1.165, 1.54) is 29.5 Å². The Labute approximate surface area is 144 Å². The average Bonchev–Trinajstić information content (AvgIpc) is 3.00. The van der Waals surface area contributed by atoms with Gasteiger partial charge in [-0.15, -0.1) is 11.3 Å². The zero-order valence-electron chi connectivity index (χ0n) is 13.6. The van der Waals surface area contributed by atoms with E-state index in [1.54, 1.807) is 5.38 Å². The molecule has 1 atom stereocenters. The van der Waals surface area contributed by atoms with Crippen molar-refractivity contribution in [2.45, 2.75) is 32.6 Å². The topological polar surface area (TPSA) is 33.2 Å². The fourth-order valence-electron chi connectivity index (χ4n) is 3.23. The van der Waals surface area contributed by atoms with E-state index in [1.807, 2.05) is 11.8 Å². The lowest BCUT2D eigenvalue weighted by Gasteiger charge is -2.32. The minimum absolute atomic E-state index is 0.0406.